The lowest BCUT2D eigenvalue weighted by atomic mass is 10.1. The number of anilines is 1. The molecule has 1 atom stereocenters. The Labute approximate surface area is 136 Å². The van der Waals surface area contributed by atoms with Gasteiger partial charge in [-0.2, -0.15) is 0 Å². The molecule has 0 aromatic heterocycles. The van der Waals surface area contributed by atoms with Crippen molar-refractivity contribution in [3.05, 3.63) is 30.1 Å². The number of nitrogens with one attached hydrogen (secondary N) is 1. The smallest absolute Gasteiger partial charge is 0.227 e. The molecule has 1 unspecified atom stereocenters. The summed E-state index contributed by atoms with van der Waals surface area (Å²) in [6, 6.07) is 6.15. The Morgan fingerprint density at radius 3 is 2.70 bits per heavy atom. The molecule has 1 aromatic carbocycles. The number of carbonyl (C=O) groups excluding carboxylic acids is 2. The lowest BCUT2D eigenvalue weighted by Gasteiger charge is -2.19. The lowest BCUT2D eigenvalue weighted by Crippen LogP contribution is -2.38. The number of halogens is 1. The van der Waals surface area contributed by atoms with Crippen molar-refractivity contribution in [2.75, 3.05) is 37.6 Å². The van der Waals surface area contributed by atoms with Gasteiger partial charge in [0, 0.05) is 26.1 Å². The third-order valence-corrected chi connectivity index (χ3v) is 4.26. The van der Waals surface area contributed by atoms with Crippen LogP contribution in [0.3, 0.4) is 0 Å². The van der Waals surface area contributed by atoms with Crippen molar-refractivity contribution in [3.8, 4) is 0 Å². The number of para-hydroxylation sites is 1. The fourth-order valence-electron chi connectivity index (χ4n) is 2.81. The largest absolute Gasteiger partial charge is 0.355 e. The molecule has 6 heteroatoms. The number of likely N-dealkylation sites (N-methyl/N-ethyl adjacent to an activating group) is 1. The van der Waals surface area contributed by atoms with Crippen LogP contribution in [0.25, 0.3) is 0 Å². The Hall–Kier alpha value is -1.95. The van der Waals surface area contributed by atoms with E-state index in [1.165, 1.54) is 11.0 Å². The van der Waals surface area contributed by atoms with Gasteiger partial charge in [-0.15, -0.1) is 0 Å². The predicted molar refractivity (Wildman–Crippen MR) is 87.7 cm³/mol. The SMILES string of the molecule is CCN(CC)CCNC(=O)C1CC(=O)N(c2ccccc2F)C1. The molecule has 0 saturated carbocycles. The molecular formula is C17H24FN3O2. The van der Waals surface area contributed by atoms with Gasteiger partial charge in [0.2, 0.25) is 11.8 Å². The number of hydrogen-bond acceptors (Lipinski definition) is 3. The van der Waals surface area contributed by atoms with Crippen LogP contribution < -0.4 is 10.2 Å². The van der Waals surface area contributed by atoms with Gasteiger partial charge in [0.05, 0.1) is 11.6 Å². The Morgan fingerprint density at radius 2 is 2.04 bits per heavy atom. The van der Waals surface area contributed by atoms with Gasteiger partial charge in [-0.1, -0.05) is 26.0 Å². The maximum Gasteiger partial charge on any atom is 0.227 e. The number of rotatable bonds is 7. The van der Waals surface area contributed by atoms with E-state index in [1.54, 1.807) is 18.2 Å². The number of nitrogens with zero attached hydrogens (tertiary/aromatic N) is 2. The van der Waals surface area contributed by atoms with Crippen LogP contribution >= 0.6 is 0 Å². The fraction of sp³-hybridized carbons (Fsp3) is 0.529. The van der Waals surface area contributed by atoms with E-state index in [-0.39, 0.29) is 30.5 Å². The minimum Gasteiger partial charge on any atom is -0.355 e. The quantitative estimate of drug-likeness (QED) is 0.830. The maximum atomic E-state index is 13.8. The summed E-state index contributed by atoms with van der Waals surface area (Å²) in [7, 11) is 0. The maximum absolute atomic E-state index is 13.8. The molecular weight excluding hydrogens is 297 g/mol. The van der Waals surface area contributed by atoms with Crippen LogP contribution in [0.4, 0.5) is 10.1 Å². The van der Waals surface area contributed by atoms with Crippen molar-refractivity contribution in [2.45, 2.75) is 20.3 Å². The Bertz CT molecular complexity index is 561. The summed E-state index contributed by atoms with van der Waals surface area (Å²) in [5.41, 5.74) is 0.246. The third kappa shape index (κ3) is 4.28. The minimum absolute atomic E-state index is 0.130. The van der Waals surface area contributed by atoms with Crippen LogP contribution in [-0.2, 0) is 9.59 Å². The van der Waals surface area contributed by atoms with Crippen molar-refractivity contribution in [2.24, 2.45) is 5.92 Å². The summed E-state index contributed by atoms with van der Waals surface area (Å²) in [6.07, 6.45) is 0.130. The molecule has 2 rings (SSSR count). The zero-order valence-electron chi connectivity index (χ0n) is 13.7. The van der Waals surface area contributed by atoms with Gasteiger partial charge in [-0.05, 0) is 25.2 Å². The molecule has 5 nitrogen and oxygen atoms in total. The molecule has 23 heavy (non-hydrogen) atoms. The topological polar surface area (TPSA) is 52.7 Å². The first kappa shape index (κ1) is 17.4. The van der Waals surface area contributed by atoms with E-state index in [4.69, 9.17) is 0 Å². The van der Waals surface area contributed by atoms with Crippen molar-refractivity contribution >= 4 is 17.5 Å². The Balaban J connectivity index is 1.89. The summed E-state index contributed by atoms with van der Waals surface area (Å²) < 4.78 is 13.8. The number of amides is 2. The van der Waals surface area contributed by atoms with E-state index in [9.17, 15) is 14.0 Å². The molecule has 2 amide bonds. The summed E-state index contributed by atoms with van der Waals surface area (Å²) >= 11 is 0. The Kier molecular flexibility index (Phi) is 6.10. The molecule has 126 valence electrons. The van der Waals surface area contributed by atoms with E-state index >= 15 is 0 Å². The van der Waals surface area contributed by atoms with Gasteiger partial charge in [-0.25, -0.2) is 4.39 Å². The number of carbonyl (C=O) groups is 2. The van der Waals surface area contributed by atoms with E-state index in [0.717, 1.165) is 19.6 Å². The van der Waals surface area contributed by atoms with Crippen LogP contribution in [0.1, 0.15) is 20.3 Å². The molecule has 1 fully saturated rings. The predicted octanol–water partition coefficient (Wildman–Crippen LogP) is 1.64. The number of benzene rings is 1. The Morgan fingerprint density at radius 1 is 1.35 bits per heavy atom. The van der Waals surface area contributed by atoms with Crippen LogP contribution in [0, 0.1) is 11.7 Å². The van der Waals surface area contributed by atoms with E-state index in [0.29, 0.717) is 6.54 Å². The molecule has 1 aromatic rings. The van der Waals surface area contributed by atoms with Crippen LogP contribution in [0.15, 0.2) is 24.3 Å². The highest BCUT2D eigenvalue weighted by molar-refractivity contribution is 6.00. The second kappa shape index (κ2) is 8.06. The van der Waals surface area contributed by atoms with Gasteiger partial charge in [-0.3, -0.25) is 9.59 Å². The molecule has 1 aliphatic heterocycles. The van der Waals surface area contributed by atoms with E-state index in [2.05, 4.69) is 24.1 Å². The first-order valence-corrected chi connectivity index (χ1v) is 8.11. The molecule has 1 aliphatic rings. The first-order valence-electron chi connectivity index (χ1n) is 8.11. The highest BCUT2D eigenvalue weighted by Crippen LogP contribution is 2.27. The van der Waals surface area contributed by atoms with Crippen LogP contribution in [0.2, 0.25) is 0 Å². The summed E-state index contributed by atoms with van der Waals surface area (Å²) in [5, 5.41) is 2.88. The molecule has 0 radical (unpaired) electrons. The lowest BCUT2D eigenvalue weighted by molar-refractivity contribution is -0.126. The molecule has 1 heterocycles. The molecule has 0 spiro atoms. The van der Waals surface area contributed by atoms with Crippen LogP contribution in [0.5, 0.6) is 0 Å². The zero-order valence-corrected chi connectivity index (χ0v) is 13.7. The standard InChI is InChI=1S/C17H24FN3O2/c1-3-20(4-2)10-9-19-17(23)13-11-16(22)21(12-13)15-8-6-5-7-14(15)18/h5-8,13H,3-4,9-12H2,1-2H3,(H,19,23). The minimum atomic E-state index is -0.441. The highest BCUT2D eigenvalue weighted by Gasteiger charge is 2.35. The normalized spacial score (nSPS) is 17.8. The zero-order chi connectivity index (χ0) is 16.8. The van der Waals surface area contributed by atoms with Crippen molar-refractivity contribution in [1.82, 2.24) is 10.2 Å². The summed E-state index contributed by atoms with van der Waals surface area (Å²) in [5.74, 6) is -1.20. The average Bonchev–Trinajstić information content (AvgIpc) is 2.94. The van der Waals surface area contributed by atoms with Gasteiger partial charge in [0.1, 0.15) is 5.82 Å². The molecule has 1 N–H and O–H groups in total. The third-order valence-electron chi connectivity index (χ3n) is 4.26. The van der Waals surface area contributed by atoms with Gasteiger partial charge >= 0.3 is 0 Å². The summed E-state index contributed by atoms with van der Waals surface area (Å²) in [6.45, 7) is 7.61. The molecule has 0 aliphatic carbocycles. The fourth-order valence-corrected chi connectivity index (χ4v) is 2.81. The highest BCUT2D eigenvalue weighted by atomic mass is 19.1. The van der Waals surface area contributed by atoms with E-state index in [1.807, 2.05) is 0 Å². The van der Waals surface area contributed by atoms with Gasteiger partial charge in [0.25, 0.3) is 0 Å². The van der Waals surface area contributed by atoms with Crippen LogP contribution in [-0.4, -0.2) is 49.4 Å². The van der Waals surface area contributed by atoms with Gasteiger partial charge in [0.15, 0.2) is 0 Å². The molecule has 0 bridgehead atoms. The second-order valence-corrected chi connectivity index (χ2v) is 5.67. The van der Waals surface area contributed by atoms with Crippen molar-refractivity contribution in [3.63, 3.8) is 0 Å². The van der Waals surface area contributed by atoms with Crippen molar-refractivity contribution < 1.29 is 14.0 Å². The van der Waals surface area contributed by atoms with Gasteiger partial charge < -0.3 is 15.1 Å². The molecule has 1 saturated heterocycles. The monoisotopic (exact) mass is 321 g/mol. The summed E-state index contributed by atoms with van der Waals surface area (Å²) in [4.78, 5) is 27.9. The average molecular weight is 321 g/mol. The number of hydrogen-bond donors (Lipinski definition) is 1. The van der Waals surface area contributed by atoms with Crippen molar-refractivity contribution in [1.29, 1.82) is 0 Å². The second-order valence-electron chi connectivity index (χ2n) is 5.67. The van der Waals surface area contributed by atoms with E-state index < -0.39 is 11.7 Å². The first-order chi connectivity index (χ1) is 11.1.